The molecule has 5 nitrogen and oxygen atoms in total. The van der Waals surface area contributed by atoms with Crippen LogP contribution in [0.25, 0.3) is 11.4 Å². The zero-order valence-electron chi connectivity index (χ0n) is 11.8. The van der Waals surface area contributed by atoms with E-state index in [0.717, 1.165) is 31.6 Å². The summed E-state index contributed by atoms with van der Waals surface area (Å²) in [7, 11) is 0. The Morgan fingerprint density at radius 1 is 1.18 bits per heavy atom. The highest BCUT2D eigenvalue weighted by molar-refractivity contribution is 6.35. The van der Waals surface area contributed by atoms with Gasteiger partial charge in [0.25, 0.3) is 0 Å². The average Bonchev–Trinajstić information content (AvgIpc) is 2.96. The summed E-state index contributed by atoms with van der Waals surface area (Å²) >= 11 is 11.9. The summed E-state index contributed by atoms with van der Waals surface area (Å²) in [6.45, 7) is 2.24. The summed E-state index contributed by atoms with van der Waals surface area (Å²) in [4.78, 5) is 4.30. The van der Waals surface area contributed by atoms with Crippen molar-refractivity contribution >= 4 is 29.2 Å². The number of rotatable bonds is 5. The quantitative estimate of drug-likeness (QED) is 0.827. The van der Waals surface area contributed by atoms with Crippen molar-refractivity contribution < 1.29 is 9.26 Å². The molecular weight excluding hydrogens is 325 g/mol. The summed E-state index contributed by atoms with van der Waals surface area (Å²) < 4.78 is 10.5. The van der Waals surface area contributed by atoms with E-state index in [1.165, 1.54) is 5.57 Å². The smallest absolute Gasteiger partial charge is 0.321 e. The first kappa shape index (κ1) is 15.3. The van der Waals surface area contributed by atoms with E-state index in [4.69, 9.17) is 32.5 Å². The van der Waals surface area contributed by atoms with Crippen molar-refractivity contribution in [2.75, 3.05) is 25.1 Å². The minimum absolute atomic E-state index is 0.388. The van der Waals surface area contributed by atoms with Crippen LogP contribution in [0.2, 0.25) is 10.0 Å². The second kappa shape index (κ2) is 7.13. The number of ether oxygens (including phenoxy) is 1. The molecule has 0 spiro atoms. The van der Waals surface area contributed by atoms with Crippen molar-refractivity contribution in [2.45, 2.75) is 12.8 Å². The fourth-order valence-electron chi connectivity index (χ4n) is 2.22. The molecule has 1 aliphatic rings. The van der Waals surface area contributed by atoms with Gasteiger partial charge in [-0.1, -0.05) is 40.0 Å². The molecule has 0 aliphatic carbocycles. The number of nitrogens with zero attached hydrogens (tertiary/aromatic N) is 2. The van der Waals surface area contributed by atoms with Crippen LogP contribution in [0, 0.1) is 0 Å². The van der Waals surface area contributed by atoms with Gasteiger partial charge in [0.15, 0.2) is 0 Å². The van der Waals surface area contributed by atoms with Crippen LogP contribution in [-0.2, 0) is 4.74 Å². The highest BCUT2D eigenvalue weighted by atomic mass is 35.5. The third kappa shape index (κ3) is 4.00. The van der Waals surface area contributed by atoms with E-state index in [1.54, 1.807) is 18.2 Å². The molecule has 0 atom stereocenters. The lowest BCUT2D eigenvalue weighted by Crippen LogP contribution is -2.09. The van der Waals surface area contributed by atoms with Gasteiger partial charge in [0, 0.05) is 22.2 Å². The predicted octanol–water partition coefficient (Wildman–Crippen LogP) is 4.19. The number of benzene rings is 1. The zero-order valence-corrected chi connectivity index (χ0v) is 13.3. The van der Waals surface area contributed by atoms with E-state index in [9.17, 15) is 0 Å². The molecule has 3 rings (SSSR count). The molecule has 1 aliphatic heterocycles. The fourth-order valence-corrected chi connectivity index (χ4v) is 2.74. The Balaban J connectivity index is 1.60. The molecule has 116 valence electrons. The number of halogens is 2. The Morgan fingerprint density at radius 2 is 2.00 bits per heavy atom. The maximum Gasteiger partial charge on any atom is 0.321 e. The lowest BCUT2D eigenvalue weighted by Gasteiger charge is -2.12. The van der Waals surface area contributed by atoms with Gasteiger partial charge in [0.2, 0.25) is 5.82 Å². The molecule has 0 saturated heterocycles. The van der Waals surface area contributed by atoms with Gasteiger partial charge in [0.05, 0.1) is 13.2 Å². The van der Waals surface area contributed by atoms with E-state index < -0.39 is 0 Å². The van der Waals surface area contributed by atoms with Gasteiger partial charge < -0.3 is 14.6 Å². The van der Waals surface area contributed by atoms with E-state index in [1.807, 2.05) is 0 Å². The van der Waals surface area contributed by atoms with E-state index in [-0.39, 0.29) is 0 Å². The normalized spacial score (nSPS) is 14.7. The number of hydrogen-bond donors (Lipinski definition) is 1. The molecule has 7 heteroatoms. The first-order chi connectivity index (χ1) is 10.7. The van der Waals surface area contributed by atoms with Crippen LogP contribution in [0.5, 0.6) is 0 Å². The predicted molar refractivity (Wildman–Crippen MR) is 86.4 cm³/mol. The van der Waals surface area contributed by atoms with Crippen molar-refractivity contribution in [3.63, 3.8) is 0 Å². The van der Waals surface area contributed by atoms with Crippen molar-refractivity contribution in [1.29, 1.82) is 0 Å². The third-order valence-electron chi connectivity index (χ3n) is 3.33. The van der Waals surface area contributed by atoms with Crippen LogP contribution >= 0.6 is 23.2 Å². The average molecular weight is 340 g/mol. The van der Waals surface area contributed by atoms with Crippen LogP contribution in [-0.4, -0.2) is 29.9 Å². The summed E-state index contributed by atoms with van der Waals surface area (Å²) in [6, 6.07) is 5.54. The topological polar surface area (TPSA) is 60.2 Å². The molecule has 22 heavy (non-hydrogen) atoms. The Labute approximate surface area is 138 Å². The second-order valence-corrected chi connectivity index (χ2v) is 5.82. The number of aromatic nitrogens is 2. The van der Waals surface area contributed by atoms with Gasteiger partial charge in [0.1, 0.15) is 0 Å². The number of nitrogens with one attached hydrogen (secondary N) is 1. The molecule has 1 N–H and O–H groups in total. The maximum atomic E-state index is 5.97. The molecule has 0 unspecified atom stereocenters. The molecule has 0 radical (unpaired) electrons. The Hall–Kier alpha value is -1.56. The van der Waals surface area contributed by atoms with Crippen LogP contribution in [0.4, 0.5) is 6.01 Å². The lowest BCUT2D eigenvalue weighted by atomic mass is 10.1. The highest BCUT2D eigenvalue weighted by Gasteiger charge is 2.10. The van der Waals surface area contributed by atoms with Crippen LogP contribution in [0.1, 0.15) is 12.8 Å². The second-order valence-electron chi connectivity index (χ2n) is 4.95. The SMILES string of the molecule is Clc1cc(Cl)cc(-c2noc(NCCC3=CCOCC3)n2)c1. The van der Waals surface area contributed by atoms with Gasteiger partial charge in [-0.05, 0) is 31.0 Å². The van der Waals surface area contributed by atoms with E-state index in [2.05, 4.69) is 21.5 Å². The number of anilines is 1. The molecule has 2 heterocycles. The molecule has 0 fully saturated rings. The van der Waals surface area contributed by atoms with Gasteiger partial charge in [-0.25, -0.2) is 0 Å². The molecule has 1 aromatic heterocycles. The first-order valence-electron chi connectivity index (χ1n) is 7.00. The number of hydrogen-bond acceptors (Lipinski definition) is 5. The van der Waals surface area contributed by atoms with Gasteiger partial charge in [-0.2, -0.15) is 4.98 Å². The van der Waals surface area contributed by atoms with E-state index >= 15 is 0 Å². The monoisotopic (exact) mass is 339 g/mol. The summed E-state index contributed by atoms with van der Waals surface area (Å²) in [5.41, 5.74) is 2.11. The Bertz CT molecular complexity index is 665. The first-order valence-corrected chi connectivity index (χ1v) is 7.76. The van der Waals surface area contributed by atoms with Crippen molar-refractivity contribution in [3.8, 4) is 11.4 Å². The zero-order chi connectivity index (χ0) is 15.4. The van der Waals surface area contributed by atoms with Gasteiger partial charge in [-0.3, -0.25) is 0 Å². The summed E-state index contributed by atoms with van der Waals surface area (Å²) in [6.07, 6.45) is 4.04. The third-order valence-corrected chi connectivity index (χ3v) is 3.76. The van der Waals surface area contributed by atoms with Crippen molar-refractivity contribution in [3.05, 3.63) is 39.9 Å². The Morgan fingerprint density at radius 3 is 2.73 bits per heavy atom. The van der Waals surface area contributed by atoms with Gasteiger partial charge in [-0.15, -0.1) is 0 Å². The van der Waals surface area contributed by atoms with E-state index in [0.29, 0.717) is 28.5 Å². The van der Waals surface area contributed by atoms with Crippen LogP contribution in [0.15, 0.2) is 34.4 Å². The molecule has 2 aromatic rings. The minimum Gasteiger partial charge on any atom is -0.377 e. The van der Waals surface area contributed by atoms with Gasteiger partial charge >= 0.3 is 6.01 Å². The summed E-state index contributed by atoms with van der Waals surface area (Å²) in [5.74, 6) is 0.456. The maximum absolute atomic E-state index is 5.97. The largest absolute Gasteiger partial charge is 0.377 e. The summed E-state index contributed by atoms with van der Waals surface area (Å²) in [5, 5.41) is 8.13. The standard InChI is InChI=1S/C15H15Cl2N3O2/c16-12-7-11(8-13(17)9-12)14-19-15(22-20-14)18-4-1-10-2-5-21-6-3-10/h2,7-9H,1,3-6H2,(H,18,19,20). The lowest BCUT2D eigenvalue weighted by molar-refractivity contribution is 0.153. The molecule has 0 saturated carbocycles. The van der Waals surface area contributed by atoms with Crippen molar-refractivity contribution in [2.24, 2.45) is 0 Å². The molecule has 1 aromatic carbocycles. The van der Waals surface area contributed by atoms with Crippen LogP contribution < -0.4 is 5.32 Å². The fraction of sp³-hybridized carbons (Fsp3) is 0.333. The molecular formula is C15H15Cl2N3O2. The molecule has 0 amide bonds. The minimum atomic E-state index is 0.388. The van der Waals surface area contributed by atoms with Crippen LogP contribution in [0.3, 0.4) is 0 Å². The molecule has 0 bridgehead atoms. The highest BCUT2D eigenvalue weighted by Crippen LogP contribution is 2.26. The Kier molecular flexibility index (Phi) is 4.97. The van der Waals surface area contributed by atoms with Crippen molar-refractivity contribution in [1.82, 2.24) is 10.1 Å².